The lowest BCUT2D eigenvalue weighted by Crippen LogP contribution is -2.48. The van der Waals surface area contributed by atoms with Crippen LogP contribution in [0.15, 0.2) is 79.1 Å². The van der Waals surface area contributed by atoms with E-state index in [0.717, 1.165) is 11.8 Å². The van der Waals surface area contributed by atoms with Crippen molar-refractivity contribution in [2.45, 2.75) is 6.18 Å². The number of pyridine rings is 1. The normalized spacial score (nSPS) is 14.2. The van der Waals surface area contributed by atoms with E-state index in [2.05, 4.69) is 15.0 Å². The highest BCUT2D eigenvalue weighted by Gasteiger charge is 2.35. The highest BCUT2D eigenvalue weighted by atomic mass is 35.5. The molecule has 1 saturated heterocycles. The number of rotatable bonds is 4. The number of benzene rings is 2. The number of anilines is 1. The van der Waals surface area contributed by atoms with Gasteiger partial charge in [0, 0.05) is 55.4 Å². The van der Waals surface area contributed by atoms with Crippen LogP contribution in [-0.4, -0.2) is 51.8 Å². The SMILES string of the molecule is O=C(c1ccc(-c2cc(C(F)(F)F)nn2-c2ccccc2Cl)cc1)N1CCN(c2ccncc2)CC1. The van der Waals surface area contributed by atoms with E-state index in [4.69, 9.17) is 11.6 Å². The summed E-state index contributed by atoms with van der Waals surface area (Å²) in [6.45, 7) is 2.53. The molecule has 10 heteroatoms. The minimum atomic E-state index is -4.62. The van der Waals surface area contributed by atoms with Gasteiger partial charge in [-0.2, -0.15) is 18.3 Å². The summed E-state index contributed by atoms with van der Waals surface area (Å²) in [5.74, 6) is -0.119. The van der Waals surface area contributed by atoms with E-state index in [1.54, 1.807) is 65.8 Å². The van der Waals surface area contributed by atoms with Gasteiger partial charge in [-0.1, -0.05) is 35.9 Å². The molecular formula is C26H21ClF3N5O. The summed E-state index contributed by atoms with van der Waals surface area (Å²) < 4.78 is 41.6. The van der Waals surface area contributed by atoms with Gasteiger partial charge in [0.15, 0.2) is 5.69 Å². The molecule has 0 spiro atoms. The van der Waals surface area contributed by atoms with Gasteiger partial charge in [0.25, 0.3) is 5.91 Å². The monoisotopic (exact) mass is 511 g/mol. The van der Waals surface area contributed by atoms with Crippen molar-refractivity contribution in [2.75, 3.05) is 31.1 Å². The van der Waals surface area contributed by atoms with Gasteiger partial charge >= 0.3 is 6.18 Å². The Bertz CT molecular complexity index is 1360. The van der Waals surface area contributed by atoms with Crippen LogP contribution in [0, 0.1) is 0 Å². The molecule has 0 atom stereocenters. The van der Waals surface area contributed by atoms with Gasteiger partial charge < -0.3 is 9.80 Å². The second kappa shape index (κ2) is 9.66. The van der Waals surface area contributed by atoms with Gasteiger partial charge in [-0.3, -0.25) is 9.78 Å². The van der Waals surface area contributed by atoms with E-state index in [1.165, 1.54) is 4.68 Å². The molecule has 0 saturated carbocycles. The zero-order valence-corrected chi connectivity index (χ0v) is 19.7. The molecule has 36 heavy (non-hydrogen) atoms. The van der Waals surface area contributed by atoms with Crippen molar-refractivity contribution in [2.24, 2.45) is 0 Å². The molecule has 5 rings (SSSR count). The topological polar surface area (TPSA) is 54.3 Å². The van der Waals surface area contributed by atoms with Crippen molar-refractivity contribution in [1.82, 2.24) is 19.7 Å². The maximum absolute atomic E-state index is 13.5. The molecule has 3 heterocycles. The van der Waals surface area contributed by atoms with Gasteiger partial charge in [0.2, 0.25) is 0 Å². The first-order valence-electron chi connectivity index (χ1n) is 11.3. The number of para-hydroxylation sites is 1. The Morgan fingerprint density at radius 3 is 2.19 bits per heavy atom. The van der Waals surface area contributed by atoms with Crippen molar-refractivity contribution in [1.29, 1.82) is 0 Å². The molecule has 0 N–H and O–H groups in total. The lowest BCUT2D eigenvalue weighted by Gasteiger charge is -2.36. The molecule has 6 nitrogen and oxygen atoms in total. The van der Waals surface area contributed by atoms with Crippen LogP contribution in [0.2, 0.25) is 5.02 Å². The summed E-state index contributed by atoms with van der Waals surface area (Å²) >= 11 is 6.25. The maximum Gasteiger partial charge on any atom is 0.435 e. The summed E-state index contributed by atoms with van der Waals surface area (Å²) in [7, 11) is 0. The second-order valence-electron chi connectivity index (χ2n) is 8.34. The molecule has 1 aliphatic heterocycles. The Kier molecular flexibility index (Phi) is 6.40. The van der Waals surface area contributed by atoms with Crippen LogP contribution in [-0.2, 0) is 6.18 Å². The third-order valence-electron chi connectivity index (χ3n) is 6.10. The number of carbonyl (C=O) groups excluding carboxylic acids is 1. The van der Waals surface area contributed by atoms with Crippen molar-refractivity contribution in [3.63, 3.8) is 0 Å². The van der Waals surface area contributed by atoms with Gasteiger partial charge in [0.05, 0.1) is 16.4 Å². The lowest BCUT2D eigenvalue weighted by atomic mass is 10.1. The largest absolute Gasteiger partial charge is 0.435 e. The van der Waals surface area contributed by atoms with E-state index in [9.17, 15) is 18.0 Å². The summed E-state index contributed by atoms with van der Waals surface area (Å²) in [6.07, 6.45) is -1.14. The molecule has 1 aliphatic rings. The van der Waals surface area contributed by atoms with Gasteiger partial charge in [-0.25, -0.2) is 4.68 Å². The number of hydrogen-bond donors (Lipinski definition) is 0. The number of halogens is 4. The summed E-state index contributed by atoms with van der Waals surface area (Å²) in [5.41, 5.74) is 1.55. The highest BCUT2D eigenvalue weighted by molar-refractivity contribution is 6.32. The van der Waals surface area contributed by atoms with Crippen LogP contribution >= 0.6 is 11.6 Å². The summed E-state index contributed by atoms with van der Waals surface area (Å²) in [5, 5.41) is 4.05. The Balaban J connectivity index is 1.37. The lowest BCUT2D eigenvalue weighted by molar-refractivity contribution is -0.141. The number of piperazine rings is 1. The highest BCUT2D eigenvalue weighted by Crippen LogP contribution is 2.34. The van der Waals surface area contributed by atoms with Gasteiger partial charge in [-0.05, 0) is 42.5 Å². The van der Waals surface area contributed by atoms with Crippen LogP contribution in [0.5, 0.6) is 0 Å². The van der Waals surface area contributed by atoms with E-state index < -0.39 is 11.9 Å². The fourth-order valence-electron chi connectivity index (χ4n) is 4.22. The molecule has 2 aromatic heterocycles. The average Bonchev–Trinajstić information content (AvgIpc) is 3.35. The molecule has 0 bridgehead atoms. The van der Waals surface area contributed by atoms with Crippen LogP contribution < -0.4 is 4.90 Å². The van der Waals surface area contributed by atoms with Crippen LogP contribution in [0.1, 0.15) is 16.1 Å². The number of amides is 1. The first kappa shape index (κ1) is 23.9. The Hall–Kier alpha value is -3.85. The van der Waals surface area contributed by atoms with Gasteiger partial charge in [-0.15, -0.1) is 0 Å². The molecule has 0 unspecified atom stereocenters. The summed E-state index contributed by atoms with van der Waals surface area (Å²) in [4.78, 5) is 21.1. The molecular weight excluding hydrogens is 491 g/mol. The minimum Gasteiger partial charge on any atom is -0.368 e. The molecule has 1 fully saturated rings. The van der Waals surface area contributed by atoms with Crippen LogP contribution in [0.3, 0.4) is 0 Å². The standard InChI is InChI=1S/C26H21ClF3N5O/c27-21-3-1-2-4-22(21)35-23(17-24(32-35)26(28,29)30)18-5-7-19(8-6-18)25(36)34-15-13-33(14-16-34)20-9-11-31-12-10-20/h1-12,17H,13-16H2. The van der Waals surface area contributed by atoms with Gasteiger partial charge in [0.1, 0.15) is 0 Å². The van der Waals surface area contributed by atoms with Crippen molar-refractivity contribution in [3.8, 4) is 16.9 Å². The second-order valence-corrected chi connectivity index (χ2v) is 8.75. The number of alkyl halides is 3. The summed E-state index contributed by atoms with van der Waals surface area (Å²) in [6, 6.07) is 17.9. The fraction of sp³-hybridized carbons (Fsp3) is 0.192. The zero-order chi connectivity index (χ0) is 25.3. The van der Waals surface area contributed by atoms with E-state index >= 15 is 0 Å². The minimum absolute atomic E-state index is 0.119. The first-order valence-corrected chi connectivity index (χ1v) is 11.7. The van der Waals surface area contributed by atoms with Crippen molar-refractivity contribution in [3.05, 3.63) is 95.4 Å². The third-order valence-corrected chi connectivity index (χ3v) is 6.42. The van der Waals surface area contributed by atoms with Crippen LogP contribution in [0.4, 0.5) is 18.9 Å². The number of carbonyl (C=O) groups is 1. The molecule has 2 aromatic carbocycles. The molecule has 4 aromatic rings. The molecule has 1 amide bonds. The average molecular weight is 512 g/mol. The van der Waals surface area contributed by atoms with E-state index in [1.807, 2.05) is 12.1 Å². The Labute approximate surface area is 210 Å². The van der Waals surface area contributed by atoms with Crippen LogP contribution in [0.25, 0.3) is 16.9 Å². The third kappa shape index (κ3) is 4.79. The van der Waals surface area contributed by atoms with E-state index in [-0.39, 0.29) is 16.6 Å². The number of aromatic nitrogens is 3. The maximum atomic E-state index is 13.5. The predicted molar refractivity (Wildman–Crippen MR) is 131 cm³/mol. The van der Waals surface area contributed by atoms with E-state index in [0.29, 0.717) is 43.0 Å². The first-order chi connectivity index (χ1) is 17.3. The quantitative estimate of drug-likeness (QED) is 0.359. The Morgan fingerprint density at radius 2 is 1.56 bits per heavy atom. The molecule has 0 radical (unpaired) electrons. The smallest absolute Gasteiger partial charge is 0.368 e. The van der Waals surface area contributed by atoms with Crippen molar-refractivity contribution < 1.29 is 18.0 Å². The molecule has 0 aliphatic carbocycles. The number of hydrogen-bond acceptors (Lipinski definition) is 4. The molecule has 184 valence electrons. The number of nitrogens with zero attached hydrogens (tertiary/aromatic N) is 5. The Morgan fingerprint density at radius 1 is 0.889 bits per heavy atom. The zero-order valence-electron chi connectivity index (χ0n) is 19.0. The fourth-order valence-corrected chi connectivity index (χ4v) is 4.44. The predicted octanol–water partition coefficient (Wildman–Crippen LogP) is 5.57. The van der Waals surface area contributed by atoms with Crippen molar-refractivity contribution >= 4 is 23.2 Å².